The number of thioether (sulfide) groups is 1. The molecule has 0 bridgehead atoms. The normalized spacial score (nSPS) is 20.0. The standard InChI is InChI=1S/C17H20N2O4S/c20-16(18-10-14-5-2-6-22-14)12-3-1-4-13(9-12)19-17(21)15-11-24-8-7-23-15/h1,3-4,9,11,14H,2,5-8,10H2,(H,18,20)(H,19,21)/t14-/m1/s1. The summed E-state index contributed by atoms with van der Waals surface area (Å²) in [5.41, 5.74) is 1.06. The van der Waals surface area contributed by atoms with E-state index in [1.807, 2.05) is 0 Å². The van der Waals surface area contributed by atoms with Gasteiger partial charge in [0.2, 0.25) is 0 Å². The van der Waals surface area contributed by atoms with Crippen LogP contribution in [0.15, 0.2) is 35.4 Å². The molecule has 0 saturated carbocycles. The van der Waals surface area contributed by atoms with Crippen LogP contribution in [0.4, 0.5) is 5.69 Å². The van der Waals surface area contributed by atoms with Crippen molar-refractivity contribution in [3.8, 4) is 0 Å². The summed E-state index contributed by atoms with van der Waals surface area (Å²) in [5, 5.41) is 7.33. The van der Waals surface area contributed by atoms with Crippen LogP contribution in [-0.2, 0) is 14.3 Å². The number of ether oxygens (including phenoxy) is 2. The Morgan fingerprint density at radius 1 is 1.25 bits per heavy atom. The fourth-order valence-electron chi connectivity index (χ4n) is 2.53. The van der Waals surface area contributed by atoms with Gasteiger partial charge in [0.05, 0.1) is 12.7 Å². The van der Waals surface area contributed by atoms with Gasteiger partial charge < -0.3 is 20.1 Å². The van der Waals surface area contributed by atoms with Gasteiger partial charge >= 0.3 is 0 Å². The molecular weight excluding hydrogens is 328 g/mol. The average molecular weight is 348 g/mol. The molecular formula is C17H20N2O4S. The molecule has 2 heterocycles. The van der Waals surface area contributed by atoms with E-state index in [1.165, 1.54) is 0 Å². The topological polar surface area (TPSA) is 76.7 Å². The minimum atomic E-state index is -0.306. The molecule has 3 rings (SSSR count). The molecule has 128 valence electrons. The summed E-state index contributed by atoms with van der Waals surface area (Å²) >= 11 is 1.54. The number of rotatable bonds is 5. The van der Waals surface area contributed by atoms with Crippen LogP contribution in [0, 0.1) is 0 Å². The summed E-state index contributed by atoms with van der Waals surface area (Å²) < 4.78 is 10.8. The van der Waals surface area contributed by atoms with Crippen LogP contribution in [0.25, 0.3) is 0 Å². The van der Waals surface area contributed by atoms with Crippen LogP contribution in [0.3, 0.4) is 0 Å². The fraction of sp³-hybridized carbons (Fsp3) is 0.412. The summed E-state index contributed by atoms with van der Waals surface area (Å²) in [6.45, 7) is 1.79. The quantitative estimate of drug-likeness (QED) is 0.853. The van der Waals surface area contributed by atoms with Crippen molar-refractivity contribution in [2.24, 2.45) is 0 Å². The maximum absolute atomic E-state index is 12.2. The molecule has 1 aromatic rings. The summed E-state index contributed by atoms with van der Waals surface area (Å²) in [6, 6.07) is 6.85. The highest BCUT2D eigenvalue weighted by Crippen LogP contribution is 2.18. The number of carbonyl (C=O) groups excluding carboxylic acids is 2. The molecule has 2 aliphatic heterocycles. The molecule has 7 heteroatoms. The second kappa shape index (κ2) is 8.21. The van der Waals surface area contributed by atoms with Crippen LogP contribution in [0.1, 0.15) is 23.2 Å². The molecule has 0 unspecified atom stereocenters. The lowest BCUT2D eigenvalue weighted by Crippen LogP contribution is -2.31. The number of anilines is 1. The van der Waals surface area contributed by atoms with Crippen molar-refractivity contribution in [2.75, 3.05) is 30.8 Å². The van der Waals surface area contributed by atoms with Gasteiger partial charge in [0, 0.05) is 35.6 Å². The molecule has 1 atom stereocenters. The van der Waals surface area contributed by atoms with Gasteiger partial charge in [0.1, 0.15) is 0 Å². The molecule has 2 N–H and O–H groups in total. The minimum Gasteiger partial charge on any atom is -0.487 e. The number of hydrogen-bond acceptors (Lipinski definition) is 5. The van der Waals surface area contributed by atoms with E-state index >= 15 is 0 Å². The van der Waals surface area contributed by atoms with Gasteiger partial charge in [0.25, 0.3) is 11.8 Å². The Labute approximate surface area is 145 Å². The lowest BCUT2D eigenvalue weighted by atomic mass is 10.1. The van der Waals surface area contributed by atoms with Gasteiger partial charge in [-0.05, 0) is 31.0 Å². The second-order valence-corrected chi connectivity index (χ2v) is 6.56. The molecule has 1 saturated heterocycles. The summed E-state index contributed by atoms with van der Waals surface area (Å²) in [5.74, 6) is 0.667. The minimum absolute atomic E-state index is 0.102. The first-order valence-corrected chi connectivity index (χ1v) is 9.03. The molecule has 0 spiro atoms. The van der Waals surface area contributed by atoms with Crippen LogP contribution in [-0.4, -0.2) is 43.4 Å². The summed E-state index contributed by atoms with van der Waals surface area (Å²) in [6.07, 6.45) is 2.12. The fourth-order valence-corrected chi connectivity index (χ4v) is 3.16. The van der Waals surface area contributed by atoms with E-state index in [-0.39, 0.29) is 17.9 Å². The SMILES string of the molecule is O=C(Nc1cccc(C(=O)NC[C@H]2CCCO2)c1)C1=CSCCO1. The molecule has 0 radical (unpaired) electrons. The molecule has 1 aromatic carbocycles. The Bertz CT molecular complexity index is 641. The first-order valence-electron chi connectivity index (χ1n) is 7.98. The van der Waals surface area contributed by atoms with Gasteiger partial charge in [-0.25, -0.2) is 0 Å². The first-order chi connectivity index (χ1) is 11.7. The van der Waals surface area contributed by atoms with Gasteiger partial charge in [-0.2, -0.15) is 0 Å². The Morgan fingerprint density at radius 2 is 2.17 bits per heavy atom. The lowest BCUT2D eigenvalue weighted by molar-refractivity contribution is -0.116. The van der Waals surface area contributed by atoms with Crippen molar-refractivity contribution in [3.05, 3.63) is 41.0 Å². The lowest BCUT2D eigenvalue weighted by Gasteiger charge is -2.14. The van der Waals surface area contributed by atoms with Crippen molar-refractivity contribution in [1.29, 1.82) is 0 Å². The molecule has 6 nitrogen and oxygen atoms in total. The van der Waals surface area contributed by atoms with Gasteiger partial charge in [-0.1, -0.05) is 6.07 Å². The predicted molar refractivity (Wildman–Crippen MR) is 92.9 cm³/mol. The van der Waals surface area contributed by atoms with E-state index in [1.54, 1.807) is 41.4 Å². The highest BCUT2D eigenvalue weighted by Gasteiger charge is 2.18. The van der Waals surface area contributed by atoms with Crippen molar-refractivity contribution in [1.82, 2.24) is 5.32 Å². The van der Waals surface area contributed by atoms with Crippen LogP contribution >= 0.6 is 11.8 Å². The summed E-state index contributed by atoms with van der Waals surface area (Å²) in [7, 11) is 0. The maximum atomic E-state index is 12.2. The third kappa shape index (κ3) is 4.52. The van der Waals surface area contributed by atoms with E-state index < -0.39 is 0 Å². The van der Waals surface area contributed by atoms with Gasteiger partial charge in [0.15, 0.2) is 5.76 Å². The number of nitrogens with one attached hydrogen (secondary N) is 2. The van der Waals surface area contributed by atoms with Gasteiger partial charge in [-0.3, -0.25) is 9.59 Å². The van der Waals surface area contributed by atoms with Crippen LogP contribution < -0.4 is 10.6 Å². The average Bonchev–Trinajstić information content (AvgIpc) is 3.14. The molecule has 1 fully saturated rings. The molecule has 24 heavy (non-hydrogen) atoms. The van der Waals surface area contributed by atoms with Crippen LogP contribution in [0.2, 0.25) is 0 Å². The van der Waals surface area contributed by atoms with E-state index in [4.69, 9.17) is 9.47 Å². The third-order valence-electron chi connectivity index (χ3n) is 3.77. The number of hydrogen-bond donors (Lipinski definition) is 2. The maximum Gasteiger partial charge on any atom is 0.291 e. The molecule has 0 aromatic heterocycles. The Balaban J connectivity index is 1.57. The Hall–Kier alpha value is -1.99. The highest BCUT2D eigenvalue weighted by molar-refractivity contribution is 8.02. The number of amides is 2. The van der Waals surface area contributed by atoms with Crippen molar-refractivity contribution in [3.63, 3.8) is 0 Å². The zero-order chi connectivity index (χ0) is 16.8. The summed E-state index contributed by atoms with van der Waals surface area (Å²) in [4.78, 5) is 24.3. The van der Waals surface area contributed by atoms with E-state index in [0.717, 1.165) is 25.2 Å². The number of carbonyl (C=O) groups is 2. The second-order valence-electron chi connectivity index (χ2n) is 5.58. The van der Waals surface area contributed by atoms with Crippen molar-refractivity contribution in [2.45, 2.75) is 18.9 Å². The van der Waals surface area contributed by atoms with E-state index in [9.17, 15) is 9.59 Å². The smallest absolute Gasteiger partial charge is 0.291 e. The van der Waals surface area contributed by atoms with Crippen LogP contribution in [0.5, 0.6) is 0 Å². The zero-order valence-corrected chi connectivity index (χ0v) is 14.1. The zero-order valence-electron chi connectivity index (χ0n) is 13.2. The molecule has 2 amide bonds. The number of benzene rings is 1. The third-order valence-corrected chi connectivity index (χ3v) is 4.55. The highest BCUT2D eigenvalue weighted by atomic mass is 32.2. The Morgan fingerprint density at radius 3 is 2.92 bits per heavy atom. The van der Waals surface area contributed by atoms with E-state index in [0.29, 0.717) is 30.2 Å². The van der Waals surface area contributed by atoms with Gasteiger partial charge in [-0.15, -0.1) is 11.8 Å². The Kier molecular flexibility index (Phi) is 5.77. The predicted octanol–water partition coefficient (Wildman–Crippen LogP) is 2.14. The first kappa shape index (κ1) is 16.9. The van der Waals surface area contributed by atoms with E-state index in [2.05, 4.69) is 10.6 Å². The molecule has 0 aliphatic carbocycles. The monoisotopic (exact) mass is 348 g/mol. The van der Waals surface area contributed by atoms with Crippen molar-refractivity contribution < 1.29 is 19.1 Å². The van der Waals surface area contributed by atoms with Crippen molar-refractivity contribution >= 4 is 29.3 Å². The largest absolute Gasteiger partial charge is 0.487 e. The molecule has 2 aliphatic rings.